The van der Waals surface area contributed by atoms with E-state index >= 15 is 0 Å². The first-order chi connectivity index (χ1) is 13.2. The van der Waals surface area contributed by atoms with E-state index < -0.39 is 16.1 Å². The average Bonchev–Trinajstić information content (AvgIpc) is 2.97. The summed E-state index contributed by atoms with van der Waals surface area (Å²) in [7, 11) is -3.94. The highest BCUT2D eigenvalue weighted by atomic mass is 35.5. The largest absolute Gasteiger partial charge is 0.457 e. The second-order valence-corrected chi connectivity index (χ2v) is 8.86. The quantitative estimate of drug-likeness (QED) is 0.446. The summed E-state index contributed by atoms with van der Waals surface area (Å²) in [5.74, 6) is -0.335. The standard InChI is InChI=1S/C18H19Cl2N3O4S/c1-2-12(8-22-13-3-4-14-10(5-13)9-27-18(14)24)23-28(25,26)17-15(20)6-11(19)7-16(17)21/h3-7,12,22-23H,2,8-9,21H2,1H3/t12-/m0/s1. The summed E-state index contributed by atoms with van der Waals surface area (Å²) >= 11 is 11.9. The van der Waals surface area contributed by atoms with Crippen LogP contribution in [-0.2, 0) is 21.4 Å². The maximum atomic E-state index is 12.8. The van der Waals surface area contributed by atoms with Gasteiger partial charge in [-0.05, 0) is 36.8 Å². The molecule has 4 N–H and O–H groups in total. The van der Waals surface area contributed by atoms with E-state index in [9.17, 15) is 13.2 Å². The molecule has 1 atom stereocenters. The van der Waals surface area contributed by atoms with Crippen molar-refractivity contribution in [2.75, 3.05) is 17.6 Å². The molecule has 28 heavy (non-hydrogen) atoms. The molecule has 10 heteroatoms. The second-order valence-electron chi connectivity index (χ2n) is 6.36. The summed E-state index contributed by atoms with van der Waals surface area (Å²) in [5.41, 5.74) is 7.90. The van der Waals surface area contributed by atoms with Crippen molar-refractivity contribution in [1.82, 2.24) is 4.72 Å². The Bertz CT molecular complexity index is 1000. The van der Waals surface area contributed by atoms with Crippen LogP contribution in [0.4, 0.5) is 11.4 Å². The van der Waals surface area contributed by atoms with Gasteiger partial charge in [0.15, 0.2) is 0 Å². The van der Waals surface area contributed by atoms with Crippen molar-refractivity contribution in [2.24, 2.45) is 0 Å². The summed E-state index contributed by atoms with van der Waals surface area (Å²) in [5, 5.41) is 3.39. The highest BCUT2D eigenvalue weighted by Gasteiger charge is 2.25. The van der Waals surface area contributed by atoms with Gasteiger partial charge < -0.3 is 15.8 Å². The van der Waals surface area contributed by atoms with Crippen molar-refractivity contribution >= 4 is 50.6 Å². The van der Waals surface area contributed by atoms with E-state index in [0.29, 0.717) is 18.5 Å². The van der Waals surface area contributed by atoms with E-state index in [4.69, 9.17) is 33.7 Å². The Morgan fingerprint density at radius 2 is 2.00 bits per heavy atom. The number of ether oxygens (including phenoxy) is 1. The molecule has 1 aliphatic rings. The lowest BCUT2D eigenvalue weighted by atomic mass is 10.1. The van der Waals surface area contributed by atoms with Gasteiger partial charge >= 0.3 is 5.97 Å². The van der Waals surface area contributed by atoms with E-state index in [1.165, 1.54) is 12.1 Å². The highest BCUT2D eigenvalue weighted by Crippen LogP contribution is 2.31. The molecule has 0 amide bonds. The van der Waals surface area contributed by atoms with Crippen molar-refractivity contribution in [3.63, 3.8) is 0 Å². The Morgan fingerprint density at radius 3 is 2.68 bits per heavy atom. The van der Waals surface area contributed by atoms with Crippen molar-refractivity contribution < 1.29 is 17.9 Å². The van der Waals surface area contributed by atoms with Crippen LogP contribution < -0.4 is 15.8 Å². The van der Waals surface area contributed by atoms with Gasteiger partial charge in [0.1, 0.15) is 11.5 Å². The number of esters is 1. The third-order valence-corrected chi connectivity index (χ3v) is 6.62. The van der Waals surface area contributed by atoms with Crippen molar-refractivity contribution in [2.45, 2.75) is 30.9 Å². The van der Waals surface area contributed by atoms with Crippen LogP contribution in [0, 0.1) is 0 Å². The van der Waals surface area contributed by atoms with E-state index in [2.05, 4.69) is 10.0 Å². The Morgan fingerprint density at radius 1 is 1.25 bits per heavy atom. The average molecular weight is 444 g/mol. The minimum absolute atomic E-state index is 0.0175. The van der Waals surface area contributed by atoms with Gasteiger partial charge in [-0.15, -0.1) is 0 Å². The lowest BCUT2D eigenvalue weighted by Crippen LogP contribution is -2.39. The van der Waals surface area contributed by atoms with Gasteiger partial charge in [-0.25, -0.2) is 17.9 Å². The SMILES string of the molecule is CC[C@@H](CNc1ccc2c(c1)COC2=O)NS(=O)(=O)c1c(N)cc(Cl)cc1Cl. The predicted molar refractivity (Wildman–Crippen MR) is 109 cm³/mol. The van der Waals surface area contributed by atoms with E-state index in [0.717, 1.165) is 11.3 Å². The van der Waals surface area contributed by atoms with Crippen LogP contribution in [0.5, 0.6) is 0 Å². The monoisotopic (exact) mass is 443 g/mol. The zero-order valence-electron chi connectivity index (χ0n) is 15.0. The molecule has 1 heterocycles. The zero-order chi connectivity index (χ0) is 20.5. The summed E-state index contributed by atoms with van der Waals surface area (Å²) in [4.78, 5) is 11.3. The molecule has 1 aliphatic heterocycles. The molecule has 3 rings (SSSR count). The topological polar surface area (TPSA) is 111 Å². The Labute approximate surface area is 173 Å². The predicted octanol–water partition coefficient (Wildman–Crippen LogP) is 3.42. The molecule has 0 radical (unpaired) electrons. The van der Waals surface area contributed by atoms with Gasteiger partial charge in [0.2, 0.25) is 10.0 Å². The van der Waals surface area contributed by atoms with Gasteiger partial charge in [0.05, 0.1) is 16.3 Å². The molecule has 0 unspecified atom stereocenters. The first-order valence-electron chi connectivity index (χ1n) is 8.52. The van der Waals surface area contributed by atoms with Gasteiger partial charge in [-0.2, -0.15) is 0 Å². The summed E-state index contributed by atoms with van der Waals surface area (Å²) in [6.07, 6.45) is 0.532. The normalized spacial score (nSPS) is 14.5. The molecule has 0 bridgehead atoms. The summed E-state index contributed by atoms with van der Waals surface area (Å²) in [6, 6.07) is 7.51. The smallest absolute Gasteiger partial charge is 0.338 e. The molecule has 0 aromatic heterocycles. The van der Waals surface area contributed by atoms with E-state index in [1.54, 1.807) is 12.1 Å². The number of halogens is 2. The number of benzene rings is 2. The molecule has 2 aromatic carbocycles. The fraction of sp³-hybridized carbons (Fsp3) is 0.278. The lowest BCUT2D eigenvalue weighted by Gasteiger charge is -2.20. The number of nitrogens with one attached hydrogen (secondary N) is 2. The number of nitrogens with two attached hydrogens (primary N) is 1. The number of carbonyl (C=O) groups is 1. The number of anilines is 2. The summed E-state index contributed by atoms with van der Waals surface area (Å²) < 4.78 is 33.1. The molecular weight excluding hydrogens is 425 g/mol. The molecule has 2 aromatic rings. The van der Waals surface area contributed by atoms with Crippen LogP contribution in [0.2, 0.25) is 10.0 Å². The van der Waals surface area contributed by atoms with Gasteiger partial charge in [-0.3, -0.25) is 0 Å². The van der Waals surface area contributed by atoms with E-state index in [-0.39, 0.29) is 33.2 Å². The van der Waals surface area contributed by atoms with Gasteiger partial charge in [-0.1, -0.05) is 30.1 Å². The molecule has 0 aliphatic carbocycles. The Hall–Kier alpha value is -2.00. The van der Waals surface area contributed by atoms with Crippen LogP contribution in [0.25, 0.3) is 0 Å². The van der Waals surface area contributed by atoms with Crippen molar-refractivity contribution in [1.29, 1.82) is 0 Å². The van der Waals surface area contributed by atoms with Crippen LogP contribution in [0.1, 0.15) is 29.3 Å². The zero-order valence-corrected chi connectivity index (χ0v) is 17.3. The molecule has 0 saturated heterocycles. The number of nitrogen functional groups attached to an aromatic ring is 1. The molecule has 0 fully saturated rings. The Kier molecular flexibility index (Phi) is 6.04. The minimum Gasteiger partial charge on any atom is -0.457 e. The van der Waals surface area contributed by atoms with Crippen molar-refractivity contribution in [3.8, 4) is 0 Å². The molecule has 7 nitrogen and oxygen atoms in total. The van der Waals surface area contributed by atoms with Crippen LogP contribution in [0.15, 0.2) is 35.2 Å². The lowest BCUT2D eigenvalue weighted by molar-refractivity contribution is 0.0535. The number of fused-ring (bicyclic) bond motifs is 1. The van der Waals surface area contributed by atoms with Gasteiger partial charge in [0, 0.05) is 28.9 Å². The maximum absolute atomic E-state index is 12.8. The van der Waals surface area contributed by atoms with Gasteiger partial charge in [0.25, 0.3) is 0 Å². The second kappa shape index (κ2) is 8.16. The van der Waals surface area contributed by atoms with E-state index in [1.807, 2.05) is 13.0 Å². The fourth-order valence-corrected chi connectivity index (χ4v) is 5.20. The first-order valence-corrected chi connectivity index (χ1v) is 10.8. The number of rotatable bonds is 7. The third-order valence-electron chi connectivity index (χ3n) is 4.36. The number of carbonyl (C=O) groups excluding carboxylic acids is 1. The third kappa shape index (κ3) is 4.35. The first kappa shape index (κ1) is 20.7. The Balaban J connectivity index is 1.72. The molecule has 150 valence electrons. The number of cyclic esters (lactones) is 1. The number of hydrogen-bond acceptors (Lipinski definition) is 6. The highest BCUT2D eigenvalue weighted by molar-refractivity contribution is 7.89. The summed E-state index contributed by atoms with van der Waals surface area (Å²) in [6.45, 7) is 2.42. The molecular formula is C18H19Cl2N3O4S. The maximum Gasteiger partial charge on any atom is 0.338 e. The fourth-order valence-electron chi connectivity index (χ4n) is 2.90. The van der Waals surface area contributed by atoms with Crippen LogP contribution >= 0.6 is 23.2 Å². The number of hydrogen-bond donors (Lipinski definition) is 3. The molecule has 0 saturated carbocycles. The van der Waals surface area contributed by atoms with Crippen LogP contribution in [-0.4, -0.2) is 27.0 Å². The molecule has 0 spiro atoms. The minimum atomic E-state index is -3.94. The van der Waals surface area contributed by atoms with Crippen LogP contribution in [0.3, 0.4) is 0 Å². The van der Waals surface area contributed by atoms with Crippen molar-refractivity contribution in [3.05, 3.63) is 51.5 Å². The number of sulfonamides is 1.